The SMILES string of the molecule is CCN(CC(=O)OC)Cc1cn2cccc(C)c2n1. The molecule has 0 radical (unpaired) electrons. The monoisotopic (exact) mass is 261 g/mol. The van der Waals surface area contributed by atoms with Crippen molar-refractivity contribution < 1.29 is 9.53 Å². The van der Waals surface area contributed by atoms with Crippen LogP contribution in [-0.4, -0.2) is 40.5 Å². The second-order valence-corrected chi connectivity index (χ2v) is 4.53. The van der Waals surface area contributed by atoms with E-state index in [1.807, 2.05) is 47.7 Å². The Morgan fingerprint density at radius 2 is 2.32 bits per heavy atom. The number of carbonyl (C=O) groups is 1. The Balaban J connectivity index is 2.15. The first-order chi connectivity index (χ1) is 9.13. The fraction of sp³-hybridized carbons (Fsp3) is 0.429. The number of likely N-dealkylation sites (N-methyl/N-ethyl adjacent to an activating group) is 1. The summed E-state index contributed by atoms with van der Waals surface area (Å²) in [5.41, 5.74) is 3.07. The zero-order valence-electron chi connectivity index (χ0n) is 11.6. The smallest absolute Gasteiger partial charge is 0.319 e. The van der Waals surface area contributed by atoms with Crippen LogP contribution in [0, 0.1) is 6.92 Å². The number of esters is 1. The van der Waals surface area contributed by atoms with Crippen molar-refractivity contribution in [3.8, 4) is 0 Å². The number of ether oxygens (including phenoxy) is 1. The zero-order chi connectivity index (χ0) is 13.8. The van der Waals surface area contributed by atoms with Crippen LogP contribution in [0.25, 0.3) is 5.65 Å². The van der Waals surface area contributed by atoms with Crippen molar-refractivity contribution in [2.45, 2.75) is 20.4 Å². The van der Waals surface area contributed by atoms with Crippen LogP contribution in [0.4, 0.5) is 0 Å². The van der Waals surface area contributed by atoms with E-state index < -0.39 is 0 Å². The van der Waals surface area contributed by atoms with Gasteiger partial charge in [-0.25, -0.2) is 4.98 Å². The first-order valence-corrected chi connectivity index (χ1v) is 6.36. The number of fused-ring (bicyclic) bond motifs is 1. The lowest BCUT2D eigenvalue weighted by molar-refractivity contribution is -0.142. The molecule has 0 amide bonds. The summed E-state index contributed by atoms with van der Waals surface area (Å²) < 4.78 is 6.70. The number of aromatic nitrogens is 2. The second kappa shape index (κ2) is 5.84. The molecule has 0 saturated carbocycles. The number of pyridine rings is 1. The van der Waals surface area contributed by atoms with Crippen LogP contribution in [-0.2, 0) is 16.1 Å². The lowest BCUT2D eigenvalue weighted by atomic mass is 10.3. The second-order valence-electron chi connectivity index (χ2n) is 4.53. The van der Waals surface area contributed by atoms with Gasteiger partial charge in [0.1, 0.15) is 5.65 Å². The van der Waals surface area contributed by atoms with E-state index in [0.717, 1.165) is 23.4 Å². The number of aryl methyl sites for hydroxylation is 1. The van der Waals surface area contributed by atoms with E-state index in [0.29, 0.717) is 13.1 Å². The molecular weight excluding hydrogens is 242 g/mol. The van der Waals surface area contributed by atoms with Gasteiger partial charge >= 0.3 is 5.97 Å². The molecule has 0 unspecified atom stereocenters. The van der Waals surface area contributed by atoms with E-state index in [4.69, 9.17) is 4.74 Å². The molecule has 0 aliphatic heterocycles. The van der Waals surface area contributed by atoms with E-state index in [1.54, 1.807) is 0 Å². The van der Waals surface area contributed by atoms with Gasteiger partial charge < -0.3 is 9.14 Å². The molecule has 0 atom stereocenters. The average Bonchev–Trinajstić information content (AvgIpc) is 2.81. The van der Waals surface area contributed by atoms with Crippen LogP contribution < -0.4 is 0 Å². The van der Waals surface area contributed by atoms with Gasteiger partial charge in [0.25, 0.3) is 0 Å². The first kappa shape index (κ1) is 13.5. The number of methoxy groups -OCH3 is 1. The lowest BCUT2D eigenvalue weighted by Gasteiger charge is -2.17. The number of hydrogen-bond acceptors (Lipinski definition) is 4. The zero-order valence-corrected chi connectivity index (χ0v) is 11.6. The molecule has 0 fully saturated rings. The van der Waals surface area contributed by atoms with Crippen molar-refractivity contribution in [3.63, 3.8) is 0 Å². The Morgan fingerprint density at radius 1 is 1.53 bits per heavy atom. The summed E-state index contributed by atoms with van der Waals surface area (Å²) in [6, 6.07) is 4.04. The molecule has 19 heavy (non-hydrogen) atoms. The Kier molecular flexibility index (Phi) is 4.16. The van der Waals surface area contributed by atoms with Gasteiger partial charge in [-0.2, -0.15) is 0 Å². The summed E-state index contributed by atoms with van der Waals surface area (Å²) in [6.07, 6.45) is 3.98. The van der Waals surface area contributed by atoms with Crippen LogP contribution in [0.1, 0.15) is 18.2 Å². The number of imidazole rings is 1. The predicted octanol–water partition coefficient (Wildman–Crippen LogP) is 1.64. The van der Waals surface area contributed by atoms with Gasteiger partial charge in [0.15, 0.2) is 0 Å². The molecule has 5 heteroatoms. The Labute approximate surface area is 112 Å². The summed E-state index contributed by atoms with van der Waals surface area (Å²) in [5.74, 6) is -0.221. The third-order valence-corrected chi connectivity index (χ3v) is 3.14. The highest BCUT2D eigenvalue weighted by Crippen LogP contribution is 2.11. The van der Waals surface area contributed by atoms with Crippen molar-refractivity contribution in [2.24, 2.45) is 0 Å². The number of carbonyl (C=O) groups excluding carboxylic acids is 1. The van der Waals surface area contributed by atoms with Crippen molar-refractivity contribution in [1.29, 1.82) is 0 Å². The van der Waals surface area contributed by atoms with Crippen molar-refractivity contribution in [1.82, 2.24) is 14.3 Å². The van der Waals surface area contributed by atoms with E-state index >= 15 is 0 Å². The van der Waals surface area contributed by atoms with Gasteiger partial charge in [-0.3, -0.25) is 9.69 Å². The van der Waals surface area contributed by atoms with E-state index in [2.05, 4.69) is 4.98 Å². The maximum Gasteiger partial charge on any atom is 0.319 e. The largest absolute Gasteiger partial charge is 0.468 e. The number of hydrogen-bond donors (Lipinski definition) is 0. The van der Waals surface area contributed by atoms with Gasteiger partial charge in [0.2, 0.25) is 0 Å². The topological polar surface area (TPSA) is 46.8 Å². The average molecular weight is 261 g/mol. The van der Waals surface area contributed by atoms with Crippen LogP contribution in [0.3, 0.4) is 0 Å². The van der Waals surface area contributed by atoms with Gasteiger partial charge in [0.05, 0.1) is 19.3 Å². The van der Waals surface area contributed by atoms with Crippen molar-refractivity contribution in [2.75, 3.05) is 20.2 Å². The highest BCUT2D eigenvalue weighted by molar-refractivity contribution is 5.71. The molecule has 5 nitrogen and oxygen atoms in total. The van der Waals surface area contributed by atoms with Crippen LogP contribution in [0.15, 0.2) is 24.5 Å². The summed E-state index contributed by atoms with van der Waals surface area (Å²) >= 11 is 0. The summed E-state index contributed by atoms with van der Waals surface area (Å²) in [6.45, 7) is 5.77. The fourth-order valence-corrected chi connectivity index (χ4v) is 2.04. The number of rotatable bonds is 5. The number of nitrogens with zero attached hydrogens (tertiary/aromatic N) is 3. The molecule has 0 bridgehead atoms. The Hall–Kier alpha value is -1.88. The molecule has 2 aromatic rings. The molecular formula is C14H19N3O2. The first-order valence-electron chi connectivity index (χ1n) is 6.36. The third kappa shape index (κ3) is 3.12. The minimum atomic E-state index is -0.221. The Morgan fingerprint density at radius 3 is 2.95 bits per heavy atom. The molecule has 0 aliphatic carbocycles. The summed E-state index contributed by atoms with van der Waals surface area (Å²) in [4.78, 5) is 17.9. The van der Waals surface area contributed by atoms with Gasteiger partial charge in [-0.05, 0) is 25.1 Å². The minimum absolute atomic E-state index is 0.221. The molecule has 0 saturated heterocycles. The molecule has 0 spiro atoms. The Bertz CT molecular complexity index is 577. The lowest BCUT2D eigenvalue weighted by Crippen LogP contribution is -2.30. The summed E-state index contributed by atoms with van der Waals surface area (Å²) in [7, 11) is 1.41. The molecule has 2 heterocycles. The van der Waals surface area contributed by atoms with Crippen molar-refractivity contribution >= 4 is 11.6 Å². The van der Waals surface area contributed by atoms with Gasteiger partial charge in [-0.1, -0.05) is 13.0 Å². The molecule has 0 N–H and O–H groups in total. The quantitative estimate of drug-likeness (QED) is 0.768. The van der Waals surface area contributed by atoms with E-state index in [-0.39, 0.29) is 5.97 Å². The fourth-order valence-electron chi connectivity index (χ4n) is 2.04. The highest BCUT2D eigenvalue weighted by Gasteiger charge is 2.12. The van der Waals surface area contributed by atoms with Crippen LogP contribution in [0.5, 0.6) is 0 Å². The minimum Gasteiger partial charge on any atom is -0.468 e. The van der Waals surface area contributed by atoms with Crippen molar-refractivity contribution in [3.05, 3.63) is 35.8 Å². The third-order valence-electron chi connectivity index (χ3n) is 3.14. The molecule has 2 rings (SSSR count). The normalized spacial score (nSPS) is 11.2. The van der Waals surface area contributed by atoms with Crippen LogP contribution >= 0.6 is 0 Å². The summed E-state index contributed by atoms with van der Waals surface area (Å²) in [5, 5.41) is 0. The van der Waals surface area contributed by atoms with Crippen LogP contribution in [0.2, 0.25) is 0 Å². The van der Waals surface area contributed by atoms with E-state index in [9.17, 15) is 4.79 Å². The molecule has 0 aliphatic rings. The maximum atomic E-state index is 11.3. The highest BCUT2D eigenvalue weighted by atomic mass is 16.5. The molecule has 0 aromatic carbocycles. The molecule has 2 aromatic heterocycles. The molecule has 102 valence electrons. The van der Waals surface area contributed by atoms with Gasteiger partial charge in [0, 0.05) is 18.9 Å². The van der Waals surface area contributed by atoms with E-state index in [1.165, 1.54) is 7.11 Å². The standard InChI is InChI=1S/C14H19N3O2/c1-4-16(10-13(18)19-3)8-12-9-17-7-5-6-11(2)14(17)15-12/h5-7,9H,4,8,10H2,1-3H3. The predicted molar refractivity (Wildman–Crippen MR) is 72.9 cm³/mol. The maximum absolute atomic E-state index is 11.3. The van der Waals surface area contributed by atoms with Gasteiger partial charge in [-0.15, -0.1) is 0 Å².